The molecule has 1 N–H and O–H groups in total. The van der Waals surface area contributed by atoms with E-state index in [1.807, 2.05) is 6.92 Å². The summed E-state index contributed by atoms with van der Waals surface area (Å²) in [5, 5.41) is 9.43. The molecule has 1 unspecified atom stereocenters. The normalized spacial score (nSPS) is 13.9. The molecule has 1 aromatic heterocycles. The molecular formula is C12H17NO4S. The van der Waals surface area contributed by atoms with E-state index in [0.717, 1.165) is 4.88 Å². The van der Waals surface area contributed by atoms with Crippen molar-refractivity contribution in [2.24, 2.45) is 5.41 Å². The Labute approximate surface area is 110 Å². The van der Waals surface area contributed by atoms with Gasteiger partial charge in [-0.25, -0.2) is 0 Å². The fraction of sp³-hybridized carbons (Fsp3) is 0.583. The van der Waals surface area contributed by atoms with Crippen LogP contribution in [0.4, 0.5) is 0 Å². The number of hydrogen-bond donors (Lipinski definition) is 1. The van der Waals surface area contributed by atoms with Gasteiger partial charge in [0.2, 0.25) is 0 Å². The van der Waals surface area contributed by atoms with Gasteiger partial charge in [0, 0.05) is 17.5 Å². The maximum Gasteiger partial charge on any atom is 0.323 e. The smallest absolute Gasteiger partial charge is 0.323 e. The molecule has 1 aromatic rings. The number of aromatic nitrogens is 1. The van der Waals surface area contributed by atoms with Gasteiger partial charge in [-0.3, -0.25) is 14.6 Å². The van der Waals surface area contributed by atoms with Crippen molar-refractivity contribution in [2.75, 3.05) is 6.61 Å². The Bertz CT molecular complexity index is 404. The van der Waals surface area contributed by atoms with Gasteiger partial charge in [-0.05, 0) is 13.3 Å². The van der Waals surface area contributed by atoms with Crippen LogP contribution in [0.5, 0.6) is 0 Å². The van der Waals surface area contributed by atoms with Gasteiger partial charge >= 0.3 is 11.9 Å². The van der Waals surface area contributed by atoms with Gasteiger partial charge in [-0.2, -0.15) is 0 Å². The number of hydrogen-bond acceptors (Lipinski definition) is 5. The molecular weight excluding hydrogens is 254 g/mol. The van der Waals surface area contributed by atoms with Crippen LogP contribution in [0, 0.1) is 5.41 Å². The molecule has 1 atom stereocenters. The van der Waals surface area contributed by atoms with Gasteiger partial charge in [-0.15, -0.1) is 11.3 Å². The minimum Gasteiger partial charge on any atom is -0.480 e. The van der Waals surface area contributed by atoms with Crippen LogP contribution in [0.2, 0.25) is 0 Å². The molecule has 0 radical (unpaired) electrons. The standard InChI is InChI=1S/C12H17NO4S/c1-3-5-12(10(14)15,11(16)17-4-2)6-9-7-13-8-18-9/h7-8H,3-6H2,1-2H3,(H,14,15). The van der Waals surface area contributed by atoms with E-state index in [1.54, 1.807) is 18.6 Å². The number of aliphatic carboxylic acids is 1. The van der Waals surface area contributed by atoms with Gasteiger partial charge in [0.25, 0.3) is 0 Å². The first kappa shape index (κ1) is 14.6. The maximum absolute atomic E-state index is 12.0. The number of ether oxygens (including phenoxy) is 1. The third kappa shape index (κ3) is 3.07. The van der Waals surface area contributed by atoms with Crippen LogP contribution in [0.3, 0.4) is 0 Å². The molecule has 0 amide bonds. The number of thiazole rings is 1. The number of carboxylic acid groups (broad SMARTS) is 1. The quantitative estimate of drug-likeness (QED) is 0.607. The summed E-state index contributed by atoms with van der Waals surface area (Å²) < 4.78 is 4.93. The van der Waals surface area contributed by atoms with Crippen molar-refractivity contribution in [3.63, 3.8) is 0 Å². The second-order valence-electron chi connectivity index (χ2n) is 4.00. The van der Waals surface area contributed by atoms with Crippen LogP contribution in [0.1, 0.15) is 31.6 Å². The largest absolute Gasteiger partial charge is 0.480 e. The highest BCUT2D eigenvalue weighted by Gasteiger charge is 2.47. The summed E-state index contributed by atoms with van der Waals surface area (Å²) in [6, 6.07) is 0. The molecule has 0 saturated heterocycles. The lowest BCUT2D eigenvalue weighted by Crippen LogP contribution is -2.42. The molecule has 100 valence electrons. The Morgan fingerprint density at radius 2 is 2.22 bits per heavy atom. The second-order valence-corrected chi connectivity index (χ2v) is 4.97. The maximum atomic E-state index is 12.0. The summed E-state index contributed by atoms with van der Waals surface area (Å²) in [5.41, 5.74) is 0.135. The molecule has 0 spiro atoms. The zero-order chi connectivity index (χ0) is 13.6. The van der Waals surface area contributed by atoms with Crippen molar-refractivity contribution in [1.29, 1.82) is 0 Å². The van der Waals surface area contributed by atoms with Gasteiger partial charge in [0.15, 0.2) is 5.41 Å². The Hall–Kier alpha value is -1.43. The van der Waals surface area contributed by atoms with Gasteiger partial charge in [0.05, 0.1) is 12.1 Å². The highest BCUT2D eigenvalue weighted by molar-refractivity contribution is 7.09. The summed E-state index contributed by atoms with van der Waals surface area (Å²) >= 11 is 1.35. The third-order valence-electron chi connectivity index (χ3n) is 2.71. The first-order valence-corrected chi connectivity index (χ1v) is 6.72. The van der Waals surface area contributed by atoms with Gasteiger partial charge in [0.1, 0.15) is 0 Å². The third-order valence-corrected chi connectivity index (χ3v) is 3.49. The molecule has 0 bridgehead atoms. The number of rotatable bonds is 7. The fourth-order valence-electron chi connectivity index (χ4n) is 1.86. The van der Waals surface area contributed by atoms with Crippen molar-refractivity contribution in [3.8, 4) is 0 Å². The zero-order valence-electron chi connectivity index (χ0n) is 10.5. The van der Waals surface area contributed by atoms with Crippen molar-refractivity contribution in [3.05, 3.63) is 16.6 Å². The Kier molecular flexibility index (Phi) is 5.27. The van der Waals surface area contributed by atoms with E-state index in [-0.39, 0.29) is 19.4 Å². The van der Waals surface area contributed by atoms with Crippen LogP contribution in [0.25, 0.3) is 0 Å². The van der Waals surface area contributed by atoms with E-state index in [9.17, 15) is 14.7 Å². The van der Waals surface area contributed by atoms with Crippen LogP contribution in [-0.4, -0.2) is 28.6 Å². The predicted molar refractivity (Wildman–Crippen MR) is 67.4 cm³/mol. The predicted octanol–water partition coefficient (Wildman–Crippen LogP) is 2.12. The van der Waals surface area contributed by atoms with E-state index in [2.05, 4.69) is 4.98 Å². The molecule has 0 saturated carbocycles. The summed E-state index contributed by atoms with van der Waals surface area (Å²) in [4.78, 5) is 28.2. The first-order valence-electron chi connectivity index (χ1n) is 5.84. The lowest BCUT2D eigenvalue weighted by atomic mass is 9.80. The number of carboxylic acids is 1. The molecule has 0 aromatic carbocycles. The molecule has 6 heteroatoms. The summed E-state index contributed by atoms with van der Waals surface area (Å²) in [7, 11) is 0. The SMILES string of the molecule is CCCC(Cc1cncs1)(C(=O)O)C(=O)OCC. The topological polar surface area (TPSA) is 76.5 Å². The van der Waals surface area contributed by atoms with E-state index in [4.69, 9.17) is 4.74 Å². The van der Waals surface area contributed by atoms with Crippen LogP contribution in [-0.2, 0) is 20.7 Å². The summed E-state index contributed by atoms with van der Waals surface area (Å²) in [6.07, 6.45) is 2.60. The minimum absolute atomic E-state index is 0.139. The summed E-state index contributed by atoms with van der Waals surface area (Å²) in [5.74, 6) is -1.79. The number of esters is 1. The Balaban J connectivity index is 3.04. The Morgan fingerprint density at radius 1 is 1.50 bits per heavy atom. The average molecular weight is 271 g/mol. The monoisotopic (exact) mass is 271 g/mol. The van der Waals surface area contributed by atoms with Crippen molar-refractivity contribution in [2.45, 2.75) is 33.1 Å². The molecule has 0 aliphatic carbocycles. The van der Waals surface area contributed by atoms with Crippen molar-refractivity contribution in [1.82, 2.24) is 4.98 Å². The minimum atomic E-state index is -1.49. The zero-order valence-corrected chi connectivity index (χ0v) is 11.3. The van der Waals surface area contributed by atoms with E-state index < -0.39 is 17.4 Å². The summed E-state index contributed by atoms with van der Waals surface area (Å²) in [6.45, 7) is 3.70. The first-order chi connectivity index (χ1) is 8.56. The molecule has 0 aliphatic rings. The number of nitrogens with zero attached hydrogens (tertiary/aromatic N) is 1. The molecule has 0 fully saturated rings. The molecule has 5 nitrogen and oxygen atoms in total. The van der Waals surface area contributed by atoms with Crippen molar-refractivity contribution < 1.29 is 19.4 Å². The molecule has 1 rings (SSSR count). The highest BCUT2D eigenvalue weighted by Crippen LogP contribution is 2.32. The van der Waals surface area contributed by atoms with Crippen molar-refractivity contribution >= 4 is 23.3 Å². The average Bonchev–Trinajstić information content (AvgIpc) is 2.81. The highest BCUT2D eigenvalue weighted by atomic mass is 32.1. The molecule has 1 heterocycles. The molecule has 18 heavy (non-hydrogen) atoms. The van der Waals surface area contributed by atoms with E-state index in [1.165, 1.54) is 11.3 Å². The lowest BCUT2D eigenvalue weighted by Gasteiger charge is -2.26. The van der Waals surface area contributed by atoms with E-state index in [0.29, 0.717) is 6.42 Å². The van der Waals surface area contributed by atoms with Gasteiger partial charge < -0.3 is 9.84 Å². The van der Waals surface area contributed by atoms with E-state index >= 15 is 0 Å². The fourth-order valence-corrected chi connectivity index (χ4v) is 2.56. The number of carbonyl (C=O) groups excluding carboxylic acids is 1. The van der Waals surface area contributed by atoms with Crippen LogP contribution in [0.15, 0.2) is 11.7 Å². The molecule has 0 aliphatic heterocycles. The van der Waals surface area contributed by atoms with Gasteiger partial charge in [-0.1, -0.05) is 13.3 Å². The van der Waals surface area contributed by atoms with Crippen LogP contribution < -0.4 is 0 Å². The second kappa shape index (κ2) is 6.49. The number of carbonyl (C=O) groups is 2. The van der Waals surface area contributed by atoms with Crippen LogP contribution >= 0.6 is 11.3 Å². The lowest BCUT2D eigenvalue weighted by molar-refractivity contribution is -0.169. The Morgan fingerprint density at radius 3 is 2.67 bits per heavy atom.